The van der Waals surface area contributed by atoms with Gasteiger partial charge in [-0.25, -0.2) is 8.42 Å². The summed E-state index contributed by atoms with van der Waals surface area (Å²) in [5.74, 6) is 0.139. The number of rotatable bonds is 4. The number of nitrogens with one attached hydrogen (secondary N) is 1. The molecule has 0 aliphatic rings. The first-order chi connectivity index (χ1) is 8.12. The van der Waals surface area contributed by atoms with E-state index < -0.39 is 10.0 Å². The molecule has 90 valence electrons. The molecule has 0 aliphatic carbocycles. The summed E-state index contributed by atoms with van der Waals surface area (Å²) >= 11 is 0. The number of benzene rings is 1. The molecular formula is C11H12N2O3S. The minimum atomic E-state index is -3.36. The zero-order valence-corrected chi connectivity index (χ0v) is 10.1. The van der Waals surface area contributed by atoms with Crippen molar-refractivity contribution in [3.63, 3.8) is 0 Å². The van der Waals surface area contributed by atoms with Gasteiger partial charge in [0.15, 0.2) is 0 Å². The van der Waals surface area contributed by atoms with Gasteiger partial charge in [0.2, 0.25) is 15.9 Å². The summed E-state index contributed by atoms with van der Waals surface area (Å²) in [4.78, 5) is 0. The molecule has 0 spiro atoms. The first-order valence-corrected chi connectivity index (χ1v) is 6.78. The SMILES string of the molecule is CCS(=O)(=O)Nc1oncc1-c1ccccc1. The van der Waals surface area contributed by atoms with Gasteiger partial charge < -0.3 is 4.52 Å². The lowest BCUT2D eigenvalue weighted by Crippen LogP contribution is -2.14. The monoisotopic (exact) mass is 252 g/mol. The number of hydrogen-bond acceptors (Lipinski definition) is 4. The van der Waals surface area contributed by atoms with Crippen LogP contribution >= 0.6 is 0 Å². The van der Waals surface area contributed by atoms with Gasteiger partial charge in [-0.05, 0) is 12.5 Å². The maximum atomic E-state index is 11.5. The Hall–Kier alpha value is -1.82. The molecule has 0 aliphatic heterocycles. The standard InChI is InChI=1S/C11H12N2O3S/c1-2-17(14,15)13-11-10(8-12-16-11)9-6-4-3-5-7-9/h3-8,13H,2H2,1H3. The van der Waals surface area contributed by atoms with E-state index in [4.69, 9.17) is 4.52 Å². The van der Waals surface area contributed by atoms with Gasteiger partial charge in [0.25, 0.3) is 0 Å². The van der Waals surface area contributed by atoms with Crippen LogP contribution in [0.3, 0.4) is 0 Å². The topological polar surface area (TPSA) is 72.2 Å². The van der Waals surface area contributed by atoms with Crippen LogP contribution in [0.2, 0.25) is 0 Å². The molecular weight excluding hydrogens is 240 g/mol. The third-order valence-corrected chi connectivity index (χ3v) is 3.54. The first-order valence-electron chi connectivity index (χ1n) is 5.13. The van der Waals surface area contributed by atoms with E-state index in [1.54, 1.807) is 6.92 Å². The van der Waals surface area contributed by atoms with Crippen molar-refractivity contribution < 1.29 is 12.9 Å². The number of anilines is 1. The Kier molecular flexibility index (Phi) is 3.14. The highest BCUT2D eigenvalue weighted by molar-refractivity contribution is 7.92. The van der Waals surface area contributed by atoms with Crippen LogP contribution in [0.5, 0.6) is 0 Å². The van der Waals surface area contributed by atoms with Crippen LogP contribution in [0.15, 0.2) is 41.1 Å². The molecule has 0 fully saturated rings. The Bertz CT molecular complexity index is 590. The Morgan fingerprint density at radius 3 is 2.65 bits per heavy atom. The molecule has 17 heavy (non-hydrogen) atoms. The summed E-state index contributed by atoms with van der Waals surface area (Å²) in [7, 11) is -3.36. The normalized spacial score (nSPS) is 11.4. The zero-order chi connectivity index (χ0) is 12.3. The van der Waals surface area contributed by atoms with Crippen LogP contribution in [0.4, 0.5) is 5.88 Å². The second-order valence-electron chi connectivity index (χ2n) is 3.44. The summed E-state index contributed by atoms with van der Waals surface area (Å²) in [6, 6.07) is 9.32. The van der Waals surface area contributed by atoms with Crippen LogP contribution in [0.1, 0.15) is 6.92 Å². The van der Waals surface area contributed by atoms with Gasteiger partial charge in [0.1, 0.15) is 0 Å². The largest absolute Gasteiger partial charge is 0.337 e. The van der Waals surface area contributed by atoms with Crippen LogP contribution in [-0.2, 0) is 10.0 Å². The highest BCUT2D eigenvalue weighted by atomic mass is 32.2. The second kappa shape index (κ2) is 4.58. The molecule has 0 saturated carbocycles. The third-order valence-electron chi connectivity index (χ3n) is 2.28. The van der Waals surface area contributed by atoms with E-state index >= 15 is 0 Å². The van der Waals surface area contributed by atoms with Crippen molar-refractivity contribution in [1.29, 1.82) is 0 Å². The number of sulfonamides is 1. The maximum Gasteiger partial charge on any atom is 0.245 e. The molecule has 0 amide bonds. The Labute approximate surface area is 99.5 Å². The van der Waals surface area contributed by atoms with E-state index in [0.717, 1.165) is 5.56 Å². The summed E-state index contributed by atoms with van der Waals surface area (Å²) in [5.41, 5.74) is 1.48. The van der Waals surface area contributed by atoms with Gasteiger partial charge >= 0.3 is 0 Å². The molecule has 1 aromatic heterocycles. The van der Waals surface area contributed by atoms with Crippen molar-refractivity contribution >= 4 is 15.9 Å². The molecule has 0 saturated heterocycles. The highest BCUT2D eigenvalue weighted by Crippen LogP contribution is 2.27. The van der Waals surface area contributed by atoms with E-state index in [9.17, 15) is 8.42 Å². The fourth-order valence-corrected chi connectivity index (χ4v) is 1.92. The molecule has 0 radical (unpaired) electrons. The summed E-state index contributed by atoms with van der Waals surface area (Å²) in [6.45, 7) is 1.56. The van der Waals surface area contributed by atoms with Gasteiger partial charge in [-0.1, -0.05) is 35.5 Å². The molecule has 6 heteroatoms. The molecule has 5 nitrogen and oxygen atoms in total. The van der Waals surface area contributed by atoms with Gasteiger partial charge in [-0.15, -0.1) is 0 Å². The van der Waals surface area contributed by atoms with E-state index in [2.05, 4.69) is 9.88 Å². The van der Waals surface area contributed by atoms with Crippen molar-refractivity contribution in [2.45, 2.75) is 6.92 Å². The fourth-order valence-electron chi connectivity index (χ4n) is 1.35. The molecule has 0 atom stereocenters. The lowest BCUT2D eigenvalue weighted by atomic mass is 10.1. The van der Waals surface area contributed by atoms with Crippen molar-refractivity contribution in [2.24, 2.45) is 0 Å². The number of aromatic nitrogens is 1. The maximum absolute atomic E-state index is 11.5. The van der Waals surface area contributed by atoms with E-state index in [0.29, 0.717) is 5.56 Å². The molecule has 1 N–H and O–H groups in total. The minimum Gasteiger partial charge on any atom is -0.337 e. The van der Waals surface area contributed by atoms with Gasteiger partial charge in [0.05, 0.1) is 17.5 Å². The number of hydrogen-bond donors (Lipinski definition) is 1. The third kappa shape index (κ3) is 2.65. The Morgan fingerprint density at radius 1 is 1.29 bits per heavy atom. The molecule has 1 aromatic carbocycles. The van der Waals surface area contributed by atoms with Crippen LogP contribution in [0, 0.1) is 0 Å². The first kappa shape index (κ1) is 11.7. The van der Waals surface area contributed by atoms with Crippen LogP contribution in [0.25, 0.3) is 11.1 Å². The fraction of sp³-hybridized carbons (Fsp3) is 0.182. The van der Waals surface area contributed by atoms with E-state index in [1.807, 2.05) is 30.3 Å². The van der Waals surface area contributed by atoms with Crippen molar-refractivity contribution in [3.8, 4) is 11.1 Å². The smallest absolute Gasteiger partial charge is 0.245 e. The average molecular weight is 252 g/mol. The van der Waals surface area contributed by atoms with Crippen LogP contribution in [-0.4, -0.2) is 19.3 Å². The quantitative estimate of drug-likeness (QED) is 0.904. The van der Waals surface area contributed by atoms with Gasteiger partial charge in [0, 0.05) is 0 Å². The van der Waals surface area contributed by atoms with Crippen molar-refractivity contribution in [1.82, 2.24) is 5.16 Å². The lowest BCUT2D eigenvalue weighted by molar-refractivity contribution is 0.436. The van der Waals surface area contributed by atoms with E-state index in [-0.39, 0.29) is 11.6 Å². The average Bonchev–Trinajstić information content (AvgIpc) is 2.77. The zero-order valence-electron chi connectivity index (χ0n) is 9.25. The second-order valence-corrected chi connectivity index (χ2v) is 5.45. The summed E-state index contributed by atoms with van der Waals surface area (Å²) in [5, 5.41) is 3.62. The Balaban J connectivity index is 2.36. The molecule has 1 heterocycles. The molecule has 0 bridgehead atoms. The molecule has 0 unspecified atom stereocenters. The number of nitrogens with zero attached hydrogens (tertiary/aromatic N) is 1. The van der Waals surface area contributed by atoms with Gasteiger partial charge in [-0.2, -0.15) is 0 Å². The highest BCUT2D eigenvalue weighted by Gasteiger charge is 2.15. The van der Waals surface area contributed by atoms with Crippen molar-refractivity contribution in [2.75, 3.05) is 10.5 Å². The predicted molar refractivity (Wildman–Crippen MR) is 65.0 cm³/mol. The van der Waals surface area contributed by atoms with Gasteiger partial charge in [-0.3, -0.25) is 4.72 Å². The predicted octanol–water partition coefficient (Wildman–Crippen LogP) is 2.10. The van der Waals surface area contributed by atoms with Crippen LogP contribution < -0.4 is 4.72 Å². The lowest BCUT2D eigenvalue weighted by Gasteiger charge is -2.04. The van der Waals surface area contributed by atoms with Crippen molar-refractivity contribution in [3.05, 3.63) is 36.5 Å². The minimum absolute atomic E-state index is 0.0120. The summed E-state index contributed by atoms with van der Waals surface area (Å²) in [6.07, 6.45) is 1.49. The van der Waals surface area contributed by atoms with E-state index in [1.165, 1.54) is 6.20 Å². The molecule has 2 rings (SSSR count). The molecule has 2 aromatic rings. The summed E-state index contributed by atoms with van der Waals surface area (Å²) < 4.78 is 30.2. The Morgan fingerprint density at radius 2 is 2.00 bits per heavy atom.